The van der Waals surface area contributed by atoms with Gasteiger partial charge in [-0.15, -0.1) is 0 Å². The molecule has 0 aromatic heterocycles. The van der Waals surface area contributed by atoms with Crippen LogP contribution >= 0.6 is 21.6 Å². The summed E-state index contributed by atoms with van der Waals surface area (Å²) in [7, 11) is 1.10. The number of carboxylic acid groups (broad SMARTS) is 1. The number of ether oxygens (including phenoxy) is 1. The molecule has 12 nitrogen and oxygen atoms in total. The molecule has 5 unspecified atom stereocenters. The molecular weight excluding hydrogens is 440 g/mol. The van der Waals surface area contributed by atoms with Crippen LogP contribution in [0.3, 0.4) is 0 Å². The van der Waals surface area contributed by atoms with Crippen LogP contribution in [0, 0.1) is 0 Å². The monoisotopic (exact) mass is 462 g/mol. The SMILES string of the molecule is NC1CSSC2(C(=O)CCC(N)C(=O)C2(N)C(=O)O)C(=O)C(N)CCC(=O)OC1=O. The fourth-order valence-electron chi connectivity index (χ4n) is 3.19. The topological polar surface area (TPSA) is 236 Å². The minimum absolute atomic E-state index is 0.205. The highest BCUT2D eigenvalue weighted by atomic mass is 33.1. The van der Waals surface area contributed by atoms with Gasteiger partial charge in [-0.2, -0.15) is 0 Å². The third kappa shape index (κ3) is 4.02. The van der Waals surface area contributed by atoms with E-state index in [0.717, 1.165) is 0 Å². The van der Waals surface area contributed by atoms with Crippen molar-refractivity contribution in [2.45, 2.75) is 54.1 Å². The predicted molar refractivity (Wildman–Crippen MR) is 106 cm³/mol. The smallest absolute Gasteiger partial charge is 0.334 e. The summed E-state index contributed by atoms with van der Waals surface area (Å²) in [6.07, 6.45) is -1.45. The van der Waals surface area contributed by atoms with E-state index in [1.54, 1.807) is 0 Å². The molecule has 1 heterocycles. The molecule has 166 valence electrons. The lowest BCUT2D eigenvalue weighted by Gasteiger charge is -2.41. The Labute approximate surface area is 178 Å². The van der Waals surface area contributed by atoms with Gasteiger partial charge in [0.1, 0.15) is 6.04 Å². The molecule has 1 aliphatic heterocycles. The molecule has 1 spiro atoms. The van der Waals surface area contributed by atoms with Crippen molar-refractivity contribution in [1.29, 1.82) is 0 Å². The Kier molecular flexibility index (Phi) is 7.42. The van der Waals surface area contributed by atoms with E-state index in [1.165, 1.54) is 0 Å². The first-order valence-electron chi connectivity index (χ1n) is 8.85. The Morgan fingerprint density at radius 1 is 0.967 bits per heavy atom. The number of hydrogen-bond acceptors (Lipinski definition) is 13. The number of Topliss-reactive ketones (excluding diaryl/α,β-unsaturated/α-hetero) is 3. The second kappa shape index (κ2) is 9.11. The Bertz CT molecular complexity index is 808. The number of carbonyl (C=O) groups excluding carboxylic acids is 5. The van der Waals surface area contributed by atoms with Gasteiger partial charge in [0.25, 0.3) is 0 Å². The van der Waals surface area contributed by atoms with Crippen molar-refractivity contribution in [1.82, 2.24) is 0 Å². The normalized spacial score (nSPS) is 37.2. The molecule has 30 heavy (non-hydrogen) atoms. The molecule has 2 rings (SSSR count). The lowest BCUT2D eigenvalue weighted by atomic mass is 9.73. The molecule has 0 radical (unpaired) electrons. The Hall–Kier alpha value is -1.84. The maximum atomic E-state index is 13.4. The summed E-state index contributed by atoms with van der Waals surface area (Å²) in [5, 5.41) is 9.85. The van der Waals surface area contributed by atoms with Gasteiger partial charge in [-0.05, 0) is 12.8 Å². The molecule has 0 aromatic rings. The van der Waals surface area contributed by atoms with E-state index in [-0.39, 0.29) is 18.6 Å². The second-order valence-corrected chi connectivity index (χ2v) is 9.56. The van der Waals surface area contributed by atoms with Crippen molar-refractivity contribution < 1.29 is 38.6 Å². The third-order valence-corrected chi connectivity index (χ3v) is 8.11. The van der Waals surface area contributed by atoms with Crippen LogP contribution in [0.4, 0.5) is 0 Å². The maximum Gasteiger partial charge on any atom is 0.334 e. The first-order valence-corrected chi connectivity index (χ1v) is 11.2. The van der Waals surface area contributed by atoms with Crippen LogP contribution in [-0.2, 0) is 33.5 Å². The highest BCUT2D eigenvalue weighted by Crippen LogP contribution is 2.48. The van der Waals surface area contributed by atoms with Crippen LogP contribution < -0.4 is 22.9 Å². The second-order valence-electron chi connectivity index (χ2n) is 7.00. The van der Waals surface area contributed by atoms with Crippen LogP contribution in [0.2, 0.25) is 0 Å². The molecule has 2 fully saturated rings. The van der Waals surface area contributed by atoms with Gasteiger partial charge in [0.15, 0.2) is 22.1 Å². The van der Waals surface area contributed by atoms with E-state index < -0.39 is 76.5 Å². The van der Waals surface area contributed by atoms with Crippen molar-refractivity contribution >= 4 is 56.8 Å². The number of nitrogens with two attached hydrogens (primary N) is 4. The van der Waals surface area contributed by atoms with Crippen molar-refractivity contribution in [2.24, 2.45) is 22.9 Å². The van der Waals surface area contributed by atoms with Crippen LogP contribution in [0.1, 0.15) is 25.7 Å². The molecule has 1 saturated carbocycles. The minimum Gasteiger partial charge on any atom is -0.479 e. The van der Waals surface area contributed by atoms with E-state index in [1.807, 2.05) is 0 Å². The van der Waals surface area contributed by atoms with Crippen LogP contribution in [0.25, 0.3) is 0 Å². The van der Waals surface area contributed by atoms with E-state index in [0.29, 0.717) is 21.6 Å². The minimum atomic E-state index is -3.01. The van der Waals surface area contributed by atoms with Gasteiger partial charge in [0.05, 0.1) is 12.1 Å². The summed E-state index contributed by atoms with van der Waals surface area (Å²) in [6.45, 7) is 0. The van der Waals surface area contributed by atoms with Gasteiger partial charge in [-0.25, -0.2) is 9.59 Å². The molecule has 9 N–H and O–H groups in total. The molecule has 2 aliphatic rings. The van der Waals surface area contributed by atoms with Gasteiger partial charge < -0.3 is 32.8 Å². The largest absolute Gasteiger partial charge is 0.479 e. The number of ketones is 3. The number of carbonyl (C=O) groups is 6. The van der Waals surface area contributed by atoms with Crippen LogP contribution in [0.5, 0.6) is 0 Å². The molecule has 0 aromatic carbocycles. The third-order valence-electron chi connectivity index (χ3n) is 4.99. The van der Waals surface area contributed by atoms with Gasteiger partial charge in [0, 0.05) is 18.6 Å². The van der Waals surface area contributed by atoms with E-state index in [9.17, 15) is 33.9 Å². The van der Waals surface area contributed by atoms with Gasteiger partial charge in [-0.3, -0.25) is 19.2 Å². The number of rotatable bonds is 1. The Morgan fingerprint density at radius 3 is 2.13 bits per heavy atom. The summed E-state index contributed by atoms with van der Waals surface area (Å²) in [4.78, 5) is 75.2. The van der Waals surface area contributed by atoms with Crippen LogP contribution in [-0.4, -0.2) is 74.5 Å². The summed E-state index contributed by atoms with van der Waals surface area (Å²) in [5.74, 6) is -7.46. The van der Waals surface area contributed by atoms with Crippen molar-refractivity contribution in [3.8, 4) is 0 Å². The highest BCUT2D eigenvalue weighted by molar-refractivity contribution is 8.77. The molecule has 0 bridgehead atoms. The predicted octanol–water partition coefficient (Wildman–Crippen LogP) is -2.76. The molecule has 1 aliphatic carbocycles. The first kappa shape index (κ1) is 24.4. The van der Waals surface area contributed by atoms with Gasteiger partial charge in [-0.1, -0.05) is 21.6 Å². The Morgan fingerprint density at radius 2 is 1.53 bits per heavy atom. The quantitative estimate of drug-likeness (QED) is 0.151. The fraction of sp³-hybridized carbons (Fsp3) is 0.625. The number of cyclic esters (lactones) is 2. The zero-order chi connectivity index (χ0) is 22.9. The van der Waals surface area contributed by atoms with Crippen molar-refractivity contribution in [3.63, 3.8) is 0 Å². The van der Waals surface area contributed by atoms with Crippen molar-refractivity contribution in [2.75, 3.05) is 5.75 Å². The standard InChI is InChI=1S/C16H22N4O8S2/c17-6-1-3-9(21)16(15(20,11(6)23)14(26)27)12(24)7(18)2-4-10(22)28-13(25)8(19)5-29-30-16/h6-8H,1-5,17-20H2,(H,26,27). The summed E-state index contributed by atoms with van der Waals surface area (Å²) >= 11 is 0. The maximum absolute atomic E-state index is 13.4. The summed E-state index contributed by atoms with van der Waals surface area (Å²) < 4.78 is 1.93. The zero-order valence-electron chi connectivity index (χ0n) is 15.7. The summed E-state index contributed by atoms with van der Waals surface area (Å²) in [5.41, 5.74) is 20.2. The average Bonchev–Trinajstić information content (AvgIpc) is 2.76. The first-order chi connectivity index (χ1) is 13.9. The van der Waals surface area contributed by atoms with Gasteiger partial charge in [0.2, 0.25) is 5.54 Å². The van der Waals surface area contributed by atoms with Crippen LogP contribution in [0.15, 0.2) is 0 Å². The number of aliphatic carboxylic acids is 1. The summed E-state index contributed by atoms with van der Waals surface area (Å²) in [6, 6.07) is -4.24. The molecule has 14 heteroatoms. The lowest BCUT2D eigenvalue weighted by molar-refractivity contribution is -0.160. The zero-order valence-corrected chi connectivity index (χ0v) is 17.3. The van der Waals surface area contributed by atoms with E-state index in [2.05, 4.69) is 4.74 Å². The molecule has 0 amide bonds. The van der Waals surface area contributed by atoms with Gasteiger partial charge >= 0.3 is 17.9 Å². The van der Waals surface area contributed by atoms with Crippen molar-refractivity contribution in [3.05, 3.63) is 0 Å². The Balaban J connectivity index is 2.66. The number of carboxylic acids is 1. The molecule has 5 atom stereocenters. The fourth-order valence-corrected chi connectivity index (χ4v) is 6.56. The highest BCUT2D eigenvalue weighted by Gasteiger charge is 2.70. The molecule has 1 saturated heterocycles. The van der Waals surface area contributed by atoms with E-state index >= 15 is 0 Å². The lowest BCUT2D eigenvalue weighted by Crippen LogP contribution is -2.76. The molecular formula is C16H22N4O8S2. The average molecular weight is 463 g/mol. The van der Waals surface area contributed by atoms with E-state index in [4.69, 9.17) is 22.9 Å². The number of esters is 2. The number of hydrogen-bond donors (Lipinski definition) is 5.